The molecule has 2 saturated heterocycles. The van der Waals surface area contributed by atoms with E-state index in [2.05, 4.69) is 4.90 Å². The molecule has 5 nitrogen and oxygen atoms in total. The summed E-state index contributed by atoms with van der Waals surface area (Å²) >= 11 is 0. The Hall–Kier alpha value is -0.620. The summed E-state index contributed by atoms with van der Waals surface area (Å²) in [4.78, 5) is 13.2. The molecule has 2 heterocycles. The van der Waals surface area contributed by atoms with Gasteiger partial charge in [0.25, 0.3) is 0 Å². The third kappa shape index (κ3) is 3.77. The summed E-state index contributed by atoms with van der Waals surface area (Å²) in [6.07, 6.45) is 4.21. The first-order chi connectivity index (χ1) is 9.60. The summed E-state index contributed by atoms with van der Waals surface area (Å²) in [5, 5.41) is 8.93. The van der Waals surface area contributed by atoms with E-state index in [-0.39, 0.29) is 18.1 Å². The molecule has 0 aromatic heterocycles. The van der Waals surface area contributed by atoms with Crippen LogP contribution in [0.1, 0.15) is 52.9 Å². The molecule has 0 saturated carbocycles. The van der Waals surface area contributed by atoms with E-state index in [1.54, 1.807) is 20.8 Å². The molecule has 2 aliphatic rings. The van der Waals surface area contributed by atoms with Crippen LogP contribution in [0.25, 0.3) is 0 Å². The second-order valence-corrected chi connectivity index (χ2v) is 10.4. The van der Waals surface area contributed by atoms with Gasteiger partial charge in [0.2, 0.25) is 0 Å². The molecule has 122 valence electrons. The van der Waals surface area contributed by atoms with Crippen molar-refractivity contribution >= 4 is 15.8 Å². The number of hydrogen-bond acceptors (Lipinski definition) is 4. The molecule has 0 spiro atoms. The van der Waals surface area contributed by atoms with Crippen LogP contribution in [-0.2, 0) is 14.6 Å². The topological polar surface area (TPSA) is 74.7 Å². The van der Waals surface area contributed by atoms with E-state index in [1.165, 1.54) is 0 Å². The van der Waals surface area contributed by atoms with E-state index >= 15 is 0 Å². The molecule has 2 aliphatic heterocycles. The lowest BCUT2D eigenvalue weighted by Gasteiger charge is -2.39. The lowest BCUT2D eigenvalue weighted by molar-refractivity contribution is -0.138. The highest BCUT2D eigenvalue weighted by atomic mass is 32.2. The Balaban J connectivity index is 1.94. The molecular formula is C15H27NO4S. The third-order valence-corrected chi connectivity index (χ3v) is 7.58. The smallest absolute Gasteiger partial charge is 0.303 e. The maximum absolute atomic E-state index is 12.2. The predicted molar refractivity (Wildman–Crippen MR) is 82.0 cm³/mol. The number of rotatable bonds is 5. The quantitative estimate of drug-likeness (QED) is 0.838. The first-order valence-electron chi connectivity index (χ1n) is 7.80. The average Bonchev–Trinajstić information content (AvgIpc) is 2.54. The largest absolute Gasteiger partial charge is 0.481 e. The first kappa shape index (κ1) is 16.7. The van der Waals surface area contributed by atoms with Gasteiger partial charge in [0.1, 0.15) is 0 Å². The van der Waals surface area contributed by atoms with E-state index < -0.39 is 20.6 Å². The molecule has 2 fully saturated rings. The molecule has 2 bridgehead atoms. The zero-order valence-electron chi connectivity index (χ0n) is 13.2. The molecule has 0 aromatic rings. The zero-order chi connectivity index (χ0) is 15.8. The Morgan fingerprint density at radius 3 is 2.14 bits per heavy atom. The van der Waals surface area contributed by atoms with Gasteiger partial charge in [0.05, 0.1) is 10.5 Å². The second-order valence-electron chi connectivity index (χ2n) is 7.49. The Bertz CT molecular complexity index is 480. The van der Waals surface area contributed by atoms with Gasteiger partial charge in [-0.25, -0.2) is 8.42 Å². The monoisotopic (exact) mass is 317 g/mol. The minimum Gasteiger partial charge on any atom is -0.481 e. The zero-order valence-corrected chi connectivity index (χ0v) is 14.0. The number of carboxylic acid groups (broad SMARTS) is 1. The van der Waals surface area contributed by atoms with Crippen LogP contribution in [0.5, 0.6) is 0 Å². The molecule has 0 aromatic carbocycles. The number of carboxylic acids is 1. The van der Waals surface area contributed by atoms with Gasteiger partial charge < -0.3 is 5.11 Å². The van der Waals surface area contributed by atoms with Crippen molar-refractivity contribution in [3.05, 3.63) is 0 Å². The molecule has 0 amide bonds. The standard InChI is InChI=1S/C15H27NO4S/c1-15(2,3)21(19,20)7-6-16-12-4-5-13(16)9-11(8-12)10-14(17)18/h11-13H,4-10H2,1-3H3,(H,17,18). The van der Waals surface area contributed by atoms with Gasteiger partial charge in [0.15, 0.2) is 9.84 Å². The van der Waals surface area contributed by atoms with Gasteiger partial charge in [-0.1, -0.05) is 0 Å². The lowest BCUT2D eigenvalue weighted by Crippen LogP contribution is -2.46. The first-order valence-corrected chi connectivity index (χ1v) is 9.45. The summed E-state index contributed by atoms with van der Waals surface area (Å²) in [5.74, 6) is -0.258. The Morgan fingerprint density at radius 2 is 1.71 bits per heavy atom. The van der Waals surface area contributed by atoms with E-state index in [0.29, 0.717) is 18.6 Å². The van der Waals surface area contributed by atoms with Crippen molar-refractivity contribution in [2.45, 2.75) is 69.7 Å². The van der Waals surface area contributed by atoms with E-state index in [1.807, 2.05) is 0 Å². The minimum absolute atomic E-state index is 0.201. The summed E-state index contributed by atoms with van der Waals surface area (Å²) < 4.78 is 23.8. The SMILES string of the molecule is CC(C)(C)S(=O)(=O)CCN1C2CCC1CC(CC(=O)O)C2. The van der Waals surface area contributed by atoms with E-state index in [4.69, 9.17) is 5.11 Å². The Morgan fingerprint density at radius 1 is 1.19 bits per heavy atom. The average molecular weight is 317 g/mol. The highest BCUT2D eigenvalue weighted by molar-refractivity contribution is 7.92. The van der Waals surface area contributed by atoms with E-state index in [9.17, 15) is 13.2 Å². The fourth-order valence-corrected chi connectivity index (χ4v) is 4.76. The fourth-order valence-electron chi connectivity index (χ4n) is 3.70. The predicted octanol–water partition coefficient (Wildman–Crippen LogP) is 1.92. The van der Waals surface area contributed by atoms with Crippen molar-refractivity contribution in [2.75, 3.05) is 12.3 Å². The van der Waals surface area contributed by atoms with Crippen LogP contribution >= 0.6 is 0 Å². The number of hydrogen-bond donors (Lipinski definition) is 1. The number of carbonyl (C=O) groups is 1. The molecule has 2 rings (SSSR count). The number of nitrogens with zero attached hydrogens (tertiary/aromatic N) is 1. The minimum atomic E-state index is -3.08. The van der Waals surface area contributed by atoms with Crippen molar-refractivity contribution in [1.29, 1.82) is 0 Å². The highest BCUT2D eigenvalue weighted by Gasteiger charge is 2.41. The van der Waals surface area contributed by atoms with Crippen LogP contribution in [0.15, 0.2) is 0 Å². The lowest BCUT2D eigenvalue weighted by atomic mass is 9.88. The van der Waals surface area contributed by atoms with Crippen molar-refractivity contribution < 1.29 is 18.3 Å². The third-order valence-electron chi connectivity index (χ3n) is 5.00. The highest BCUT2D eigenvalue weighted by Crippen LogP contribution is 2.39. The molecule has 0 radical (unpaired) electrons. The molecule has 2 unspecified atom stereocenters. The van der Waals surface area contributed by atoms with Gasteiger partial charge in [-0.3, -0.25) is 9.69 Å². The summed E-state index contributed by atoms with van der Waals surface area (Å²) in [6.45, 7) is 5.83. The maximum atomic E-state index is 12.2. The number of fused-ring (bicyclic) bond motifs is 2. The van der Waals surface area contributed by atoms with Gasteiger partial charge in [-0.05, 0) is 52.4 Å². The normalized spacial score (nSPS) is 30.5. The number of aliphatic carboxylic acids is 1. The molecule has 0 aliphatic carbocycles. The van der Waals surface area contributed by atoms with Gasteiger partial charge in [-0.2, -0.15) is 0 Å². The van der Waals surface area contributed by atoms with Crippen molar-refractivity contribution in [3.8, 4) is 0 Å². The van der Waals surface area contributed by atoms with Gasteiger partial charge in [-0.15, -0.1) is 0 Å². The molecule has 2 atom stereocenters. The summed E-state index contributed by atoms with van der Waals surface area (Å²) in [5.41, 5.74) is 0. The molecule has 1 N–H and O–H groups in total. The van der Waals surface area contributed by atoms with Crippen LogP contribution in [-0.4, -0.2) is 53.5 Å². The van der Waals surface area contributed by atoms with Crippen molar-refractivity contribution in [3.63, 3.8) is 0 Å². The summed E-state index contributed by atoms with van der Waals surface area (Å²) in [6, 6.07) is 0.756. The maximum Gasteiger partial charge on any atom is 0.303 e. The Kier molecular flexibility index (Phi) is 4.69. The fraction of sp³-hybridized carbons (Fsp3) is 0.933. The van der Waals surface area contributed by atoms with Crippen LogP contribution < -0.4 is 0 Å². The van der Waals surface area contributed by atoms with Crippen LogP contribution in [0.4, 0.5) is 0 Å². The van der Waals surface area contributed by atoms with Crippen LogP contribution in [0, 0.1) is 5.92 Å². The summed E-state index contributed by atoms with van der Waals surface area (Å²) in [7, 11) is -3.08. The van der Waals surface area contributed by atoms with Crippen LogP contribution in [0.3, 0.4) is 0 Å². The second kappa shape index (κ2) is 5.88. The molecular weight excluding hydrogens is 290 g/mol. The van der Waals surface area contributed by atoms with Gasteiger partial charge >= 0.3 is 5.97 Å². The number of sulfone groups is 1. The number of piperidine rings is 1. The van der Waals surface area contributed by atoms with Crippen molar-refractivity contribution in [1.82, 2.24) is 4.90 Å². The molecule has 21 heavy (non-hydrogen) atoms. The Labute approximate surface area is 127 Å². The molecule has 6 heteroatoms. The van der Waals surface area contributed by atoms with Gasteiger partial charge in [0, 0.05) is 25.0 Å². The van der Waals surface area contributed by atoms with Crippen LogP contribution in [0.2, 0.25) is 0 Å². The van der Waals surface area contributed by atoms with Crippen molar-refractivity contribution in [2.24, 2.45) is 5.92 Å². The van der Waals surface area contributed by atoms with E-state index in [0.717, 1.165) is 25.7 Å².